The summed E-state index contributed by atoms with van der Waals surface area (Å²) in [5.74, 6) is 0.698. The molecule has 2 unspecified atom stereocenters. The van der Waals surface area contributed by atoms with E-state index in [1.54, 1.807) is 0 Å². The Labute approximate surface area is 121 Å². The fourth-order valence-electron chi connectivity index (χ4n) is 4.02. The number of hydrogen-bond donors (Lipinski definition) is 1. The van der Waals surface area contributed by atoms with Crippen LogP contribution in [0.25, 0.3) is 0 Å². The zero-order valence-corrected chi connectivity index (χ0v) is 12.1. The standard InChI is InChI=1S/C17H25FN2/c18-15-9-7-13(8-10-15)16(19)12-20-11-3-6-17(20)14-4-1-2-5-14/h7-10,14,16-17H,1-6,11-12,19H2. The molecule has 1 saturated carbocycles. The zero-order valence-electron chi connectivity index (χ0n) is 12.1. The van der Waals surface area contributed by atoms with E-state index in [9.17, 15) is 4.39 Å². The van der Waals surface area contributed by atoms with E-state index >= 15 is 0 Å². The Morgan fingerprint density at radius 3 is 2.50 bits per heavy atom. The summed E-state index contributed by atoms with van der Waals surface area (Å²) in [7, 11) is 0. The van der Waals surface area contributed by atoms with Gasteiger partial charge >= 0.3 is 0 Å². The minimum atomic E-state index is -0.189. The molecule has 3 heteroatoms. The van der Waals surface area contributed by atoms with Crippen LogP contribution in [0.3, 0.4) is 0 Å². The number of nitrogens with zero attached hydrogens (tertiary/aromatic N) is 1. The molecule has 1 aromatic carbocycles. The molecule has 0 radical (unpaired) electrons. The van der Waals surface area contributed by atoms with Crippen LogP contribution in [0.2, 0.25) is 0 Å². The molecule has 1 heterocycles. The van der Waals surface area contributed by atoms with Gasteiger partial charge in [-0.2, -0.15) is 0 Å². The smallest absolute Gasteiger partial charge is 0.123 e. The highest BCUT2D eigenvalue weighted by molar-refractivity contribution is 5.20. The topological polar surface area (TPSA) is 29.3 Å². The van der Waals surface area contributed by atoms with Gasteiger partial charge in [-0.15, -0.1) is 0 Å². The molecule has 3 rings (SSSR count). The van der Waals surface area contributed by atoms with Gasteiger partial charge in [-0.25, -0.2) is 4.39 Å². The van der Waals surface area contributed by atoms with E-state index in [1.165, 1.54) is 57.2 Å². The average Bonchev–Trinajstić information content (AvgIpc) is 3.09. The quantitative estimate of drug-likeness (QED) is 0.912. The van der Waals surface area contributed by atoms with Crippen LogP contribution in [-0.4, -0.2) is 24.0 Å². The van der Waals surface area contributed by atoms with Crippen molar-refractivity contribution in [1.82, 2.24) is 4.90 Å². The first-order chi connectivity index (χ1) is 9.74. The van der Waals surface area contributed by atoms with E-state index in [0.29, 0.717) is 0 Å². The third-order valence-corrected chi connectivity index (χ3v) is 5.09. The molecular weight excluding hydrogens is 251 g/mol. The molecule has 20 heavy (non-hydrogen) atoms. The molecule has 2 atom stereocenters. The van der Waals surface area contributed by atoms with Crippen molar-refractivity contribution >= 4 is 0 Å². The SMILES string of the molecule is NC(CN1CCCC1C1CCCC1)c1ccc(F)cc1. The minimum Gasteiger partial charge on any atom is -0.323 e. The van der Waals surface area contributed by atoms with Gasteiger partial charge in [0.2, 0.25) is 0 Å². The van der Waals surface area contributed by atoms with Crippen molar-refractivity contribution in [2.75, 3.05) is 13.1 Å². The second-order valence-corrected chi connectivity index (χ2v) is 6.41. The van der Waals surface area contributed by atoms with Crippen LogP contribution in [0.15, 0.2) is 24.3 Å². The number of halogens is 1. The maximum absolute atomic E-state index is 13.0. The van der Waals surface area contributed by atoms with Crippen molar-refractivity contribution in [1.29, 1.82) is 0 Å². The van der Waals surface area contributed by atoms with Gasteiger partial charge in [-0.1, -0.05) is 25.0 Å². The zero-order chi connectivity index (χ0) is 13.9. The Hall–Kier alpha value is -0.930. The Balaban J connectivity index is 1.62. The molecule has 1 aliphatic heterocycles. The maximum Gasteiger partial charge on any atom is 0.123 e. The minimum absolute atomic E-state index is 0.00222. The van der Waals surface area contributed by atoms with Crippen molar-refractivity contribution in [3.8, 4) is 0 Å². The molecule has 2 aliphatic rings. The van der Waals surface area contributed by atoms with Gasteiger partial charge in [0.05, 0.1) is 0 Å². The summed E-state index contributed by atoms with van der Waals surface area (Å²) in [4.78, 5) is 2.59. The highest BCUT2D eigenvalue weighted by atomic mass is 19.1. The molecule has 1 aliphatic carbocycles. The summed E-state index contributed by atoms with van der Waals surface area (Å²) in [5, 5.41) is 0. The lowest BCUT2D eigenvalue weighted by Gasteiger charge is -2.31. The van der Waals surface area contributed by atoms with Crippen LogP contribution in [0.1, 0.15) is 50.1 Å². The van der Waals surface area contributed by atoms with Gasteiger partial charge in [-0.05, 0) is 55.8 Å². The summed E-state index contributed by atoms with van der Waals surface area (Å²) < 4.78 is 13.0. The summed E-state index contributed by atoms with van der Waals surface area (Å²) in [5.41, 5.74) is 7.37. The molecule has 1 aromatic rings. The van der Waals surface area contributed by atoms with Crippen LogP contribution in [0.5, 0.6) is 0 Å². The molecule has 2 nitrogen and oxygen atoms in total. The lowest BCUT2D eigenvalue weighted by Crippen LogP contribution is -2.39. The highest BCUT2D eigenvalue weighted by Gasteiger charge is 2.33. The summed E-state index contributed by atoms with van der Waals surface area (Å²) >= 11 is 0. The lowest BCUT2D eigenvalue weighted by molar-refractivity contribution is 0.181. The molecule has 110 valence electrons. The predicted molar refractivity (Wildman–Crippen MR) is 79.9 cm³/mol. The van der Waals surface area contributed by atoms with Crippen molar-refractivity contribution in [3.05, 3.63) is 35.6 Å². The van der Waals surface area contributed by atoms with Crippen LogP contribution in [0.4, 0.5) is 4.39 Å². The molecule has 2 fully saturated rings. The molecule has 0 aromatic heterocycles. The first-order valence-electron chi connectivity index (χ1n) is 7.99. The first-order valence-corrected chi connectivity index (χ1v) is 7.99. The first kappa shape index (κ1) is 14.0. The van der Waals surface area contributed by atoms with Crippen molar-refractivity contribution in [2.24, 2.45) is 11.7 Å². The predicted octanol–water partition coefficient (Wildman–Crippen LogP) is 3.48. The second kappa shape index (κ2) is 6.23. The largest absolute Gasteiger partial charge is 0.323 e. The third kappa shape index (κ3) is 3.04. The number of nitrogens with two attached hydrogens (primary N) is 1. The molecule has 0 spiro atoms. The van der Waals surface area contributed by atoms with Crippen molar-refractivity contribution in [2.45, 2.75) is 50.6 Å². The number of rotatable bonds is 4. The van der Waals surface area contributed by atoms with Gasteiger partial charge in [0.15, 0.2) is 0 Å². The van der Waals surface area contributed by atoms with E-state index < -0.39 is 0 Å². The number of likely N-dealkylation sites (tertiary alicyclic amines) is 1. The molecule has 1 saturated heterocycles. The average molecular weight is 276 g/mol. The lowest BCUT2D eigenvalue weighted by atomic mass is 9.95. The Kier molecular flexibility index (Phi) is 4.37. The number of benzene rings is 1. The van der Waals surface area contributed by atoms with Gasteiger partial charge in [0.1, 0.15) is 5.82 Å². The van der Waals surface area contributed by atoms with Crippen LogP contribution < -0.4 is 5.73 Å². The van der Waals surface area contributed by atoms with Crippen molar-refractivity contribution < 1.29 is 4.39 Å². The van der Waals surface area contributed by atoms with Gasteiger partial charge in [-0.3, -0.25) is 4.90 Å². The monoisotopic (exact) mass is 276 g/mol. The maximum atomic E-state index is 13.0. The normalized spacial score (nSPS) is 26.2. The Morgan fingerprint density at radius 2 is 1.80 bits per heavy atom. The highest BCUT2D eigenvalue weighted by Crippen LogP contribution is 2.35. The second-order valence-electron chi connectivity index (χ2n) is 6.41. The fourth-order valence-corrected chi connectivity index (χ4v) is 4.02. The van der Waals surface area contributed by atoms with E-state index in [-0.39, 0.29) is 11.9 Å². The number of hydrogen-bond acceptors (Lipinski definition) is 2. The molecular formula is C17H25FN2. The van der Waals surface area contributed by atoms with Crippen LogP contribution >= 0.6 is 0 Å². The van der Waals surface area contributed by atoms with Crippen LogP contribution in [-0.2, 0) is 0 Å². The fraction of sp³-hybridized carbons (Fsp3) is 0.647. The Bertz CT molecular complexity index is 425. The van der Waals surface area contributed by atoms with E-state index in [1.807, 2.05) is 12.1 Å². The summed E-state index contributed by atoms with van der Waals surface area (Å²) in [6.07, 6.45) is 8.23. The molecule has 2 N–H and O–H groups in total. The van der Waals surface area contributed by atoms with Crippen molar-refractivity contribution in [3.63, 3.8) is 0 Å². The molecule has 0 amide bonds. The van der Waals surface area contributed by atoms with Gasteiger partial charge in [0.25, 0.3) is 0 Å². The van der Waals surface area contributed by atoms with E-state index in [0.717, 1.165) is 24.1 Å². The van der Waals surface area contributed by atoms with Crippen LogP contribution in [0, 0.1) is 11.7 Å². The summed E-state index contributed by atoms with van der Waals surface area (Å²) in [6, 6.07) is 7.39. The molecule has 0 bridgehead atoms. The Morgan fingerprint density at radius 1 is 1.10 bits per heavy atom. The third-order valence-electron chi connectivity index (χ3n) is 5.09. The van der Waals surface area contributed by atoms with E-state index in [2.05, 4.69) is 4.90 Å². The van der Waals surface area contributed by atoms with E-state index in [4.69, 9.17) is 5.73 Å². The van der Waals surface area contributed by atoms with Gasteiger partial charge in [0, 0.05) is 18.6 Å². The van der Waals surface area contributed by atoms with Gasteiger partial charge < -0.3 is 5.73 Å². The summed E-state index contributed by atoms with van der Waals surface area (Å²) in [6.45, 7) is 2.09.